The van der Waals surface area contributed by atoms with Crippen molar-refractivity contribution in [2.45, 2.75) is 43.0 Å². The van der Waals surface area contributed by atoms with Gasteiger partial charge in [-0.1, -0.05) is 18.6 Å². The number of nitrogens with zero attached hydrogens (tertiary/aromatic N) is 1. The van der Waals surface area contributed by atoms with Crippen LogP contribution in [0.15, 0.2) is 53.4 Å². The second-order valence-electron chi connectivity index (χ2n) is 7.59. The Labute approximate surface area is 184 Å². The van der Waals surface area contributed by atoms with Crippen molar-refractivity contribution in [3.8, 4) is 11.5 Å². The predicted octanol–water partition coefficient (Wildman–Crippen LogP) is 3.00. The highest BCUT2D eigenvalue weighted by molar-refractivity contribution is 7.89. The monoisotopic (exact) mass is 446 g/mol. The molecule has 31 heavy (non-hydrogen) atoms. The molecule has 2 aromatic carbocycles. The molecular weight excluding hydrogens is 416 g/mol. The highest BCUT2D eigenvalue weighted by Gasteiger charge is 2.34. The van der Waals surface area contributed by atoms with E-state index in [0.29, 0.717) is 31.7 Å². The minimum atomic E-state index is -3.67. The van der Waals surface area contributed by atoms with Crippen LogP contribution in [0.25, 0.3) is 0 Å². The van der Waals surface area contributed by atoms with Crippen LogP contribution in [-0.4, -0.2) is 52.0 Å². The van der Waals surface area contributed by atoms with Crippen molar-refractivity contribution < 1.29 is 22.7 Å². The molecule has 1 N–H and O–H groups in total. The number of hydrogen-bond donors (Lipinski definition) is 1. The lowest BCUT2D eigenvalue weighted by Crippen LogP contribution is -2.46. The summed E-state index contributed by atoms with van der Waals surface area (Å²) in [6.45, 7) is 0.932. The zero-order valence-corrected chi connectivity index (χ0v) is 18.9. The van der Waals surface area contributed by atoms with E-state index in [1.54, 1.807) is 31.4 Å². The molecule has 1 fully saturated rings. The summed E-state index contributed by atoms with van der Waals surface area (Å²) in [5.74, 6) is 1.27. The van der Waals surface area contributed by atoms with Crippen LogP contribution < -0.4 is 14.8 Å². The molecule has 0 aliphatic carbocycles. The first kappa shape index (κ1) is 23.1. The van der Waals surface area contributed by atoms with E-state index in [1.165, 1.54) is 11.4 Å². The summed E-state index contributed by atoms with van der Waals surface area (Å²) >= 11 is 0. The summed E-state index contributed by atoms with van der Waals surface area (Å²) in [4.78, 5) is 12.7. The van der Waals surface area contributed by atoms with Gasteiger partial charge in [0.15, 0.2) is 0 Å². The van der Waals surface area contributed by atoms with Gasteiger partial charge in [0.25, 0.3) is 0 Å². The molecule has 168 valence electrons. The summed E-state index contributed by atoms with van der Waals surface area (Å²) < 4.78 is 38.1. The normalized spacial score (nSPS) is 17.2. The minimum absolute atomic E-state index is 0.129. The van der Waals surface area contributed by atoms with Crippen LogP contribution in [-0.2, 0) is 21.2 Å². The average Bonchev–Trinajstić information content (AvgIpc) is 2.80. The number of rotatable bonds is 9. The number of sulfonamides is 1. The van der Waals surface area contributed by atoms with E-state index in [9.17, 15) is 13.2 Å². The Morgan fingerprint density at radius 1 is 1.00 bits per heavy atom. The van der Waals surface area contributed by atoms with Crippen LogP contribution in [0.1, 0.15) is 31.2 Å². The second kappa shape index (κ2) is 10.6. The van der Waals surface area contributed by atoms with Gasteiger partial charge in [-0.2, -0.15) is 4.31 Å². The predicted molar refractivity (Wildman–Crippen MR) is 119 cm³/mol. The van der Waals surface area contributed by atoms with Crippen molar-refractivity contribution in [1.29, 1.82) is 0 Å². The maximum absolute atomic E-state index is 13.2. The molecule has 0 radical (unpaired) electrons. The van der Waals surface area contributed by atoms with Crippen molar-refractivity contribution in [2.75, 3.05) is 27.3 Å². The molecule has 1 saturated heterocycles. The maximum Gasteiger partial charge on any atom is 0.243 e. The number of carbonyl (C=O) groups excluding carboxylic acids is 1. The lowest BCUT2D eigenvalue weighted by molar-refractivity contribution is -0.122. The SMILES string of the molecule is COc1ccc(CCNC(=O)C[C@H]2CCCCN2S(=O)(=O)c2ccc(OC)cc2)cc1. The lowest BCUT2D eigenvalue weighted by Gasteiger charge is -2.34. The molecule has 2 aromatic rings. The van der Waals surface area contributed by atoms with Crippen molar-refractivity contribution in [2.24, 2.45) is 0 Å². The third kappa shape index (κ3) is 5.98. The van der Waals surface area contributed by atoms with Gasteiger partial charge in [-0.25, -0.2) is 8.42 Å². The third-order valence-corrected chi connectivity index (χ3v) is 7.52. The van der Waals surface area contributed by atoms with Crippen LogP contribution in [0, 0.1) is 0 Å². The summed E-state index contributed by atoms with van der Waals surface area (Å²) in [6.07, 6.45) is 3.26. The van der Waals surface area contributed by atoms with Crippen molar-refractivity contribution in [3.63, 3.8) is 0 Å². The zero-order valence-electron chi connectivity index (χ0n) is 18.0. The summed E-state index contributed by atoms with van der Waals surface area (Å²) in [6, 6.07) is 13.8. The van der Waals surface area contributed by atoms with E-state index in [-0.39, 0.29) is 23.3 Å². The minimum Gasteiger partial charge on any atom is -0.497 e. The van der Waals surface area contributed by atoms with E-state index in [1.807, 2.05) is 24.3 Å². The van der Waals surface area contributed by atoms with E-state index in [4.69, 9.17) is 9.47 Å². The highest BCUT2D eigenvalue weighted by atomic mass is 32.2. The van der Waals surface area contributed by atoms with Crippen LogP contribution in [0.4, 0.5) is 0 Å². The largest absolute Gasteiger partial charge is 0.497 e. The fraction of sp³-hybridized carbons (Fsp3) is 0.435. The van der Waals surface area contributed by atoms with Crippen molar-refractivity contribution >= 4 is 15.9 Å². The Morgan fingerprint density at radius 2 is 1.61 bits per heavy atom. The molecule has 3 rings (SSSR count). The molecule has 1 atom stereocenters. The Balaban J connectivity index is 1.58. The van der Waals surface area contributed by atoms with Gasteiger partial charge in [-0.3, -0.25) is 4.79 Å². The van der Waals surface area contributed by atoms with Gasteiger partial charge in [0.1, 0.15) is 11.5 Å². The van der Waals surface area contributed by atoms with Crippen molar-refractivity contribution in [3.05, 3.63) is 54.1 Å². The topological polar surface area (TPSA) is 84.9 Å². The number of hydrogen-bond acceptors (Lipinski definition) is 5. The van der Waals surface area contributed by atoms with Gasteiger partial charge < -0.3 is 14.8 Å². The first-order chi connectivity index (χ1) is 14.9. The highest BCUT2D eigenvalue weighted by Crippen LogP contribution is 2.28. The molecule has 1 heterocycles. The molecular formula is C23H30N2O5S. The fourth-order valence-corrected chi connectivity index (χ4v) is 5.49. The van der Waals surface area contributed by atoms with Crippen LogP contribution >= 0.6 is 0 Å². The van der Waals surface area contributed by atoms with E-state index >= 15 is 0 Å². The number of nitrogens with one attached hydrogen (secondary N) is 1. The van der Waals surface area contributed by atoms with E-state index < -0.39 is 10.0 Å². The molecule has 1 aliphatic rings. The van der Waals surface area contributed by atoms with Crippen LogP contribution in [0.2, 0.25) is 0 Å². The first-order valence-electron chi connectivity index (χ1n) is 10.5. The molecule has 0 saturated carbocycles. The summed E-state index contributed by atoms with van der Waals surface area (Å²) in [5.41, 5.74) is 1.10. The molecule has 0 bridgehead atoms. The van der Waals surface area contributed by atoms with Crippen molar-refractivity contribution in [1.82, 2.24) is 9.62 Å². The lowest BCUT2D eigenvalue weighted by atomic mass is 10.0. The number of ether oxygens (including phenoxy) is 2. The Kier molecular flexibility index (Phi) is 7.92. The van der Waals surface area contributed by atoms with Crippen LogP contribution in [0.3, 0.4) is 0 Å². The maximum atomic E-state index is 13.2. The molecule has 0 unspecified atom stereocenters. The number of piperidine rings is 1. The second-order valence-corrected chi connectivity index (χ2v) is 9.48. The third-order valence-electron chi connectivity index (χ3n) is 5.56. The van der Waals surface area contributed by atoms with Gasteiger partial charge in [0.2, 0.25) is 15.9 Å². The molecule has 7 nitrogen and oxygen atoms in total. The molecule has 1 amide bonds. The van der Waals surface area contributed by atoms with E-state index in [0.717, 1.165) is 24.2 Å². The first-order valence-corrected chi connectivity index (χ1v) is 11.9. The zero-order chi connectivity index (χ0) is 22.3. The average molecular weight is 447 g/mol. The number of benzene rings is 2. The quantitative estimate of drug-likeness (QED) is 0.640. The van der Waals surface area contributed by atoms with Gasteiger partial charge in [0, 0.05) is 25.6 Å². The Morgan fingerprint density at radius 3 is 2.23 bits per heavy atom. The smallest absolute Gasteiger partial charge is 0.243 e. The van der Waals surface area contributed by atoms with Gasteiger partial charge in [0.05, 0.1) is 19.1 Å². The number of amides is 1. The molecule has 8 heteroatoms. The molecule has 0 aromatic heterocycles. The standard InChI is InChI=1S/C23H30N2O5S/c1-29-20-8-6-18(7-9-20)14-15-24-23(26)17-19-5-3-4-16-25(19)31(27,28)22-12-10-21(30-2)11-13-22/h6-13,19H,3-5,14-17H2,1-2H3,(H,24,26)/t19-/m1/s1. The number of carbonyl (C=O) groups is 1. The summed E-state index contributed by atoms with van der Waals surface area (Å²) in [7, 11) is -0.503. The number of methoxy groups -OCH3 is 2. The Bertz CT molecular complexity index is 958. The van der Waals surface area contributed by atoms with Gasteiger partial charge >= 0.3 is 0 Å². The Hall–Kier alpha value is -2.58. The van der Waals surface area contributed by atoms with Gasteiger partial charge in [-0.05, 0) is 61.2 Å². The summed E-state index contributed by atoms with van der Waals surface area (Å²) in [5, 5.41) is 2.93. The molecule has 1 aliphatic heterocycles. The fourth-order valence-electron chi connectivity index (χ4n) is 3.80. The van der Waals surface area contributed by atoms with E-state index in [2.05, 4.69) is 5.32 Å². The molecule has 0 spiro atoms. The van der Waals surface area contributed by atoms with Gasteiger partial charge in [-0.15, -0.1) is 0 Å². The van der Waals surface area contributed by atoms with Crippen LogP contribution in [0.5, 0.6) is 11.5 Å².